The normalized spacial score (nSPS) is 16.9. The van der Waals surface area contributed by atoms with Crippen molar-refractivity contribution in [1.29, 1.82) is 0 Å². The smallest absolute Gasteiger partial charge is 0.0824 e. The van der Waals surface area contributed by atoms with Crippen molar-refractivity contribution in [3.63, 3.8) is 0 Å². The maximum atomic E-state index is 4.31. The first kappa shape index (κ1) is 11.5. The molecule has 2 heterocycles. The highest BCUT2D eigenvalue weighted by Gasteiger charge is 2.10. The number of nitrogens with one attached hydrogen (secondary N) is 1. The van der Waals surface area contributed by atoms with E-state index in [1.54, 1.807) is 0 Å². The van der Waals surface area contributed by atoms with Crippen molar-refractivity contribution in [3.8, 4) is 0 Å². The first-order chi connectivity index (χ1) is 7.75. The van der Waals surface area contributed by atoms with Gasteiger partial charge in [-0.25, -0.2) is 0 Å². The molecule has 0 saturated carbocycles. The van der Waals surface area contributed by atoms with Gasteiger partial charge in [-0.05, 0) is 45.8 Å². The maximum Gasteiger partial charge on any atom is 0.0824 e. The fourth-order valence-corrected chi connectivity index (χ4v) is 2.31. The van der Waals surface area contributed by atoms with Crippen LogP contribution in [0.15, 0.2) is 6.20 Å². The molecule has 2 rings (SSSR count). The Morgan fingerprint density at radius 3 is 2.75 bits per heavy atom. The molecule has 1 saturated heterocycles. The van der Waals surface area contributed by atoms with Crippen LogP contribution in [0.5, 0.6) is 0 Å². The summed E-state index contributed by atoms with van der Waals surface area (Å²) in [7, 11) is 1.96. The summed E-state index contributed by atoms with van der Waals surface area (Å²) in [6, 6.07) is 0. The van der Waals surface area contributed by atoms with Gasteiger partial charge in [-0.3, -0.25) is 4.68 Å². The van der Waals surface area contributed by atoms with Gasteiger partial charge in [0.05, 0.1) is 11.4 Å². The monoisotopic (exact) mass is 222 g/mol. The van der Waals surface area contributed by atoms with Crippen LogP contribution in [0, 0.1) is 6.92 Å². The molecule has 0 spiro atoms. The Morgan fingerprint density at radius 1 is 1.38 bits per heavy atom. The van der Waals surface area contributed by atoms with E-state index in [1.165, 1.54) is 44.6 Å². The van der Waals surface area contributed by atoms with Crippen molar-refractivity contribution in [2.45, 2.75) is 26.2 Å². The van der Waals surface area contributed by atoms with Crippen LogP contribution in [0.1, 0.15) is 25.0 Å². The van der Waals surface area contributed by atoms with E-state index < -0.39 is 0 Å². The average Bonchev–Trinajstić information content (AvgIpc) is 2.84. The lowest BCUT2D eigenvalue weighted by Gasteiger charge is -2.14. The molecule has 90 valence electrons. The first-order valence-electron chi connectivity index (χ1n) is 6.22. The number of likely N-dealkylation sites (tertiary alicyclic amines) is 1. The number of hydrogen-bond donors (Lipinski definition) is 1. The number of anilines is 1. The Labute approximate surface area is 97.6 Å². The summed E-state index contributed by atoms with van der Waals surface area (Å²) in [5, 5.41) is 7.76. The molecular weight excluding hydrogens is 200 g/mol. The minimum atomic E-state index is 1.04. The van der Waals surface area contributed by atoms with Gasteiger partial charge in [0.1, 0.15) is 0 Å². The van der Waals surface area contributed by atoms with E-state index in [9.17, 15) is 0 Å². The zero-order valence-corrected chi connectivity index (χ0v) is 10.4. The molecule has 0 amide bonds. The van der Waals surface area contributed by atoms with Gasteiger partial charge in [0.15, 0.2) is 0 Å². The summed E-state index contributed by atoms with van der Waals surface area (Å²) in [4.78, 5) is 2.55. The minimum Gasteiger partial charge on any atom is -0.382 e. The molecule has 1 aromatic heterocycles. The Balaban J connectivity index is 1.65. The van der Waals surface area contributed by atoms with Crippen molar-refractivity contribution >= 4 is 5.69 Å². The highest BCUT2D eigenvalue weighted by atomic mass is 15.3. The first-order valence-corrected chi connectivity index (χ1v) is 6.22. The Kier molecular flexibility index (Phi) is 3.83. The molecule has 0 unspecified atom stereocenters. The van der Waals surface area contributed by atoms with E-state index >= 15 is 0 Å². The summed E-state index contributed by atoms with van der Waals surface area (Å²) in [6.07, 6.45) is 6.03. The second-order valence-electron chi connectivity index (χ2n) is 4.63. The average molecular weight is 222 g/mol. The van der Waals surface area contributed by atoms with Gasteiger partial charge >= 0.3 is 0 Å². The molecule has 1 aliphatic heterocycles. The predicted octanol–water partition coefficient (Wildman–Crippen LogP) is 1.63. The lowest BCUT2D eigenvalue weighted by Crippen LogP contribution is -2.22. The summed E-state index contributed by atoms with van der Waals surface area (Å²) >= 11 is 0. The number of aryl methyl sites for hydroxylation is 2. The third kappa shape index (κ3) is 2.98. The zero-order valence-electron chi connectivity index (χ0n) is 10.4. The van der Waals surface area contributed by atoms with Crippen molar-refractivity contribution < 1.29 is 0 Å². The molecule has 4 heteroatoms. The largest absolute Gasteiger partial charge is 0.382 e. The van der Waals surface area contributed by atoms with Crippen LogP contribution in [0.4, 0.5) is 5.69 Å². The van der Waals surface area contributed by atoms with Gasteiger partial charge in [-0.1, -0.05) is 0 Å². The van der Waals surface area contributed by atoms with Gasteiger partial charge in [0.25, 0.3) is 0 Å². The number of rotatable bonds is 5. The van der Waals surface area contributed by atoms with Crippen LogP contribution >= 0.6 is 0 Å². The lowest BCUT2D eigenvalue weighted by molar-refractivity contribution is 0.337. The van der Waals surface area contributed by atoms with E-state index in [0.29, 0.717) is 0 Å². The molecule has 1 fully saturated rings. The molecule has 1 aromatic rings. The Bertz CT molecular complexity index is 326. The standard InChI is InChI=1S/C12H22N4/c1-11-12(10-15(2)14-11)13-6-5-9-16-7-3-4-8-16/h10,13H,3-9H2,1-2H3. The van der Waals surface area contributed by atoms with Gasteiger partial charge < -0.3 is 10.2 Å². The molecule has 0 bridgehead atoms. The fraction of sp³-hybridized carbons (Fsp3) is 0.750. The van der Waals surface area contributed by atoms with E-state index in [1.807, 2.05) is 24.9 Å². The number of hydrogen-bond acceptors (Lipinski definition) is 3. The van der Waals surface area contributed by atoms with Crippen LogP contribution < -0.4 is 5.32 Å². The van der Waals surface area contributed by atoms with Crippen LogP contribution in [0.3, 0.4) is 0 Å². The van der Waals surface area contributed by atoms with Crippen LogP contribution in [0.2, 0.25) is 0 Å². The molecule has 16 heavy (non-hydrogen) atoms. The second-order valence-corrected chi connectivity index (χ2v) is 4.63. The van der Waals surface area contributed by atoms with Crippen molar-refractivity contribution in [2.24, 2.45) is 7.05 Å². The molecule has 0 radical (unpaired) electrons. The lowest BCUT2D eigenvalue weighted by atomic mass is 10.3. The fourth-order valence-electron chi connectivity index (χ4n) is 2.31. The molecule has 1 N–H and O–H groups in total. The number of nitrogens with zero attached hydrogens (tertiary/aromatic N) is 3. The molecule has 4 nitrogen and oxygen atoms in total. The van der Waals surface area contributed by atoms with Crippen molar-refractivity contribution in [2.75, 3.05) is 31.5 Å². The highest BCUT2D eigenvalue weighted by molar-refractivity contribution is 5.45. The van der Waals surface area contributed by atoms with Crippen molar-refractivity contribution in [3.05, 3.63) is 11.9 Å². The predicted molar refractivity (Wildman–Crippen MR) is 66.7 cm³/mol. The van der Waals surface area contributed by atoms with Crippen LogP contribution in [0.25, 0.3) is 0 Å². The molecule has 1 aliphatic rings. The van der Waals surface area contributed by atoms with E-state index in [4.69, 9.17) is 0 Å². The summed E-state index contributed by atoms with van der Waals surface area (Å²) in [6.45, 7) is 6.91. The minimum absolute atomic E-state index is 1.04. The van der Waals surface area contributed by atoms with Gasteiger partial charge in [-0.2, -0.15) is 5.10 Å². The summed E-state index contributed by atoms with van der Waals surface area (Å²) in [5.41, 5.74) is 2.26. The summed E-state index contributed by atoms with van der Waals surface area (Å²) < 4.78 is 1.86. The van der Waals surface area contributed by atoms with E-state index in [2.05, 4.69) is 15.3 Å². The van der Waals surface area contributed by atoms with Gasteiger partial charge in [0.2, 0.25) is 0 Å². The van der Waals surface area contributed by atoms with Gasteiger partial charge in [-0.15, -0.1) is 0 Å². The third-order valence-electron chi connectivity index (χ3n) is 3.18. The van der Waals surface area contributed by atoms with Gasteiger partial charge in [0, 0.05) is 19.8 Å². The van der Waals surface area contributed by atoms with E-state index in [0.717, 1.165) is 12.2 Å². The van der Waals surface area contributed by atoms with E-state index in [-0.39, 0.29) is 0 Å². The zero-order chi connectivity index (χ0) is 11.4. The number of aromatic nitrogens is 2. The second kappa shape index (κ2) is 5.34. The quantitative estimate of drug-likeness (QED) is 0.769. The molecule has 0 atom stereocenters. The molecule has 0 aromatic carbocycles. The maximum absolute atomic E-state index is 4.31. The topological polar surface area (TPSA) is 33.1 Å². The third-order valence-corrected chi connectivity index (χ3v) is 3.18. The molecular formula is C12H22N4. The van der Waals surface area contributed by atoms with Crippen LogP contribution in [-0.4, -0.2) is 40.9 Å². The SMILES string of the molecule is Cc1nn(C)cc1NCCCN1CCCC1. The van der Waals surface area contributed by atoms with Crippen LogP contribution in [-0.2, 0) is 7.05 Å². The molecule has 0 aliphatic carbocycles. The highest BCUT2D eigenvalue weighted by Crippen LogP contribution is 2.11. The Morgan fingerprint density at radius 2 is 2.12 bits per heavy atom. The van der Waals surface area contributed by atoms with Crippen molar-refractivity contribution in [1.82, 2.24) is 14.7 Å². The summed E-state index contributed by atoms with van der Waals surface area (Å²) in [5.74, 6) is 0. The Hall–Kier alpha value is -1.03.